The van der Waals surface area contributed by atoms with E-state index in [1.54, 1.807) is 30.5 Å². The van der Waals surface area contributed by atoms with Gasteiger partial charge in [0.05, 0.1) is 22.6 Å². The molecule has 0 amide bonds. The summed E-state index contributed by atoms with van der Waals surface area (Å²) >= 11 is 0. The van der Waals surface area contributed by atoms with Crippen molar-refractivity contribution >= 4 is 28.7 Å². The Morgan fingerprint density at radius 2 is 1.83 bits per heavy atom. The van der Waals surface area contributed by atoms with Gasteiger partial charge in [0.1, 0.15) is 11.3 Å². The second kappa shape index (κ2) is 8.05. The fourth-order valence-corrected chi connectivity index (χ4v) is 4.48. The fourth-order valence-electron chi connectivity index (χ4n) is 4.48. The maximum absolute atomic E-state index is 13.5. The first kappa shape index (κ1) is 22.3. The summed E-state index contributed by atoms with van der Waals surface area (Å²) in [6.45, 7) is 3.35. The number of hydrogen-bond acceptors (Lipinski definition) is 6. The van der Waals surface area contributed by atoms with Crippen LogP contribution in [-0.4, -0.2) is 38.4 Å². The number of fused-ring (bicyclic) bond motifs is 3. The van der Waals surface area contributed by atoms with Gasteiger partial charge in [0.2, 0.25) is 5.78 Å². The van der Waals surface area contributed by atoms with E-state index in [9.17, 15) is 23.9 Å². The number of aryl methyl sites for hydroxylation is 1. The number of rotatable bonds is 4. The van der Waals surface area contributed by atoms with Gasteiger partial charge in [0, 0.05) is 6.42 Å². The first-order valence-corrected chi connectivity index (χ1v) is 10.8. The van der Waals surface area contributed by atoms with Gasteiger partial charge in [-0.15, -0.1) is 0 Å². The molecule has 0 saturated carbocycles. The Kier molecular flexibility index (Phi) is 5.12. The molecule has 35 heavy (non-hydrogen) atoms. The number of ketones is 2. The van der Waals surface area contributed by atoms with Crippen LogP contribution < -0.4 is 10.5 Å². The van der Waals surface area contributed by atoms with Gasteiger partial charge in [-0.05, 0) is 48.2 Å². The van der Waals surface area contributed by atoms with Crippen molar-refractivity contribution in [1.82, 2.24) is 9.61 Å². The van der Waals surface area contributed by atoms with Crippen LogP contribution in [0.25, 0.3) is 16.6 Å². The Hall–Kier alpha value is -4.53. The lowest BCUT2D eigenvalue weighted by Crippen LogP contribution is -2.44. The average Bonchev–Trinajstić information content (AvgIpc) is 3.06. The summed E-state index contributed by atoms with van der Waals surface area (Å²) in [4.78, 5) is 36.5. The minimum atomic E-state index is -1.95. The normalized spacial score (nSPS) is 15.2. The molecule has 2 aromatic heterocycles. The molecule has 1 aliphatic heterocycles. The summed E-state index contributed by atoms with van der Waals surface area (Å²) in [7, 11) is 0. The van der Waals surface area contributed by atoms with Crippen molar-refractivity contribution in [3.05, 3.63) is 82.4 Å². The largest absolute Gasteiger partial charge is 0.478 e. The Morgan fingerprint density at radius 1 is 1.14 bits per heavy atom. The van der Waals surface area contributed by atoms with Gasteiger partial charge in [-0.3, -0.25) is 9.59 Å². The number of Topliss-reactive ketones (excluding diaryl/α,β-unsaturated/α-hetero) is 2. The molecular weight excluding hydrogens is 453 g/mol. The minimum Gasteiger partial charge on any atom is -0.478 e. The zero-order valence-corrected chi connectivity index (χ0v) is 18.8. The maximum atomic E-state index is 13.5. The zero-order chi connectivity index (χ0) is 25.0. The average molecular weight is 473 g/mol. The standard InChI is InChI=1S/C26H20FN3O5/c1-12-18(11-15-5-3-4-6-17(15)14-7-9-16(27)10-8-14)30-21(20(12)28)24-19(13(2)29-30)22(31)23(32)25(35-24)26(33)34/h3-10,25H,11,28H2,1-2H3,(H,33,34). The predicted molar refractivity (Wildman–Crippen MR) is 125 cm³/mol. The van der Waals surface area contributed by atoms with Crippen LogP contribution in [0.1, 0.15) is 32.9 Å². The number of nitrogens with two attached hydrogens (primary N) is 1. The first-order chi connectivity index (χ1) is 16.7. The summed E-state index contributed by atoms with van der Waals surface area (Å²) in [5.41, 5.74) is 11.1. The number of carboxylic acid groups (broad SMARTS) is 1. The molecule has 1 aliphatic rings. The highest BCUT2D eigenvalue weighted by molar-refractivity contribution is 6.49. The van der Waals surface area contributed by atoms with E-state index >= 15 is 0 Å². The van der Waals surface area contributed by atoms with Crippen molar-refractivity contribution in [3.8, 4) is 16.9 Å². The minimum absolute atomic E-state index is 0.0619. The molecule has 4 aromatic rings. The number of benzene rings is 2. The molecule has 0 bridgehead atoms. The Labute approximate surface area is 198 Å². The monoisotopic (exact) mass is 473 g/mol. The molecule has 0 saturated heterocycles. The van der Waals surface area contributed by atoms with Crippen LogP contribution in [0.4, 0.5) is 10.1 Å². The van der Waals surface area contributed by atoms with Crippen molar-refractivity contribution in [2.24, 2.45) is 0 Å². The Balaban J connectivity index is 1.69. The van der Waals surface area contributed by atoms with Crippen LogP contribution >= 0.6 is 0 Å². The lowest BCUT2D eigenvalue weighted by atomic mass is 9.96. The van der Waals surface area contributed by atoms with Gasteiger partial charge in [-0.1, -0.05) is 36.4 Å². The number of anilines is 1. The third-order valence-corrected chi connectivity index (χ3v) is 6.29. The molecule has 1 atom stereocenters. The Bertz CT molecular complexity index is 1560. The number of aliphatic carboxylic acids is 1. The number of nitrogen functional groups attached to an aromatic ring is 1. The van der Waals surface area contributed by atoms with Crippen LogP contribution in [0.2, 0.25) is 0 Å². The van der Waals surface area contributed by atoms with Crippen molar-refractivity contribution in [2.75, 3.05) is 5.73 Å². The number of nitrogens with zero attached hydrogens (tertiary/aromatic N) is 2. The van der Waals surface area contributed by atoms with Gasteiger partial charge < -0.3 is 15.6 Å². The lowest BCUT2D eigenvalue weighted by molar-refractivity contribution is -0.149. The highest BCUT2D eigenvalue weighted by Crippen LogP contribution is 2.40. The quantitative estimate of drug-likeness (QED) is 0.343. The van der Waals surface area contributed by atoms with Gasteiger partial charge in [0.25, 0.3) is 11.9 Å². The zero-order valence-electron chi connectivity index (χ0n) is 18.8. The lowest BCUT2D eigenvalue weighted by Gasteiger charge is -2.23. The number of carbonyl (C=O) groups is 3. The number of carbonyl (C=O) groups excluding carboxylic acids is 2. The molecule has 8 nitrogen and oxygen atoms in total. The van der Waals surface area contributed by atoms with E-state index in [0.717, 1.165) is 16.7 Å². The second-order valence-corrected chi connectivity index (χ2v) is 8.41. The summed E-state index contributed by atoms with van der Waals surface area (Å²) in [6.07, 6.45) is -1.56. The molecule has 9 heteroatoms. The smallest absolute Gasteiger partial charge is 0.353 e. The van der Waals surface area contributed by atoms with Crippen LogP contribution in [0.15, 0.2) is 48.5 Å². The van der Waals surface area contributed by atoms with Crippen molar-refractivity contribution < 1.29 is 28.6 Å². The van der Waals surface area contributed by atoms with E-state index in [2.05, 4.69) is 5.10 Å². The van der Waals surface area contributed by atoms with Gasteiger partial charge in [-0.25, -0.2) is 13.7 Å². The molecule has 0 fully saturated rings. The van der Waals surface area contributed by atoms with Crippen LogP contribution in [0.5, 0.6) is 5.75 Å². The van der Waals surface area contributed by atoms with Crippen LogP contribution in [0.3, 0.4) is 0 Å². The maximum Gasteiger partial charge on any atom is 0.353 e. The van der Waals surface area contributed by atoms with E-state index in [4.69, 9.17) is 10.5 Å². The van der Waals surface area contributed by atoms with E-state index in [0.29, 0.717) is 17.7 Å². The number of aromatic nitrogens is 2. The van der Waals surface area contributed by atoms with Crippen molar-refractivity contribution in [3.63, 3.8) is 0 Å². The summed E-state index contributed by atoms with van der Waals surface area (Å²) in [6, 6.07) is 13.9. The van der Waals surface area contributed by atoms with Gasteiger partial charge in [0.15, 0.2) is 5.75 Å². The highest BCUT2D eigenvalue weighted by atomic mass is 19.1. The summed E-state index contributed by atoms with van der Waals surface area (Å²) in [5, 5.41) is 13.9. The van der Waals surface area contributed by atoms with Crippen molar-refractivity contribution in [2.45, 2.75) is 26.4 Å². The molecule has 5 rings (SSSR count). The summed E-state index contributed by atoms with van der Waals surface area (Å²) in [5.74, 6) is -4.07. The summed E-state index contributed by atoms with van der Waals surface area (Å²) < 4.78 is 20.5. The second-order valence-electron chi connectivity index (χ2n) is 8.41. The third kappa shape index (κ3) is 3.43. The molecule has 0 aliphatic carbocycles. The van der Waals surface area contributed by atoms with Crippen LogP contribution in [-0.2, 0) is 16.0 Å². The number of halogens is 1. The van der Waals surface area contributed by atoms with E-state index < -0.39 is 23.6 Å². The van der Waals surface area contributed by atoms with Crippen molar-refractivity contribution in [1.29, 1.82) is 0 Å². The van der Waals surface area contributed by atoms with E-state index in [1.165, 1.54) is 12.1 Å². The number of carboxylic acids is 1. The molecular formula is C26H20FN3O5. The van der Waals surface area contributed by atoms with E-state index in [1.807, 2.05) is 24.3 Å². The first-order valence-electron chi connectivity index (χ1n) is 10.8. The molecule has 3 N–H and O–H groups in total. The van der Waals surface area contributed by atoms with Gasteiger partial charge >= 0.3 is 5.97 Å². The number of ether oxygens (including phenoxy) is 1. The van der Waals surface area contributed by atoms with E-state index in [-0.39, 0.29) is 34.0 Å². The SMILES string of the molecule is Cc1nn2c(Cc3ccccc3-c3ccc(F)cc3)c(C)c(N)c2c2c1C(=O)C(=O)C(C(=O)O)O2. The van der Waals surface area contributed by atoms with Crippen LogP contribution in [0, 0.1) is 19.7 Å². The predicted octanol–water partition coefficient (Wildman–Crippen LogP) is 3.53. The molecule has 1 unspecified atom stereocenters. The molecule has 0 radical (unpaired) electrons. The van der Waals surface area contributed by atoms with Gasteiger partial charge in [-0.2, -0.15) is 5.10 Å². The molecule has 3 heterocycles. The number of hydrogen-bond donors (Lipinski definition) is 2. The fraction of sp³-hybridized carbons (Fsp3) is 0.154. The highest BCUT2D eigenvalue weighted by Gasteiger charge is 2.43. The molecule has 0 spiro atoms. The topological polar surface area (TPSA) is 124 Å². The molecule has 2 aromatic carbocycles. The Morgan fingerprint density at radius 3 is 2.51 bits per heavy atom. The third-order valence-electron chi connectivity index (χ3n) is 6.29. The molecule has 176 valence electrons.